The van der Waals surface area contributed by atoms with Crippen LogP contribution >= 0.6 is 24.0 Å². The van der Waals surface area contributed by atoms with Gasteiger partial charge in [-0.3, -0.25) is 9.69 Å². The maximum absolute atomic E-state index is 11.9. The number of methoxy groups -OCH3 is 1. The normalized spacial score (nSPS) is 15.2. The molecule has 1 unspecified atom stereocenters. The van der Waals surface area contributed by atoms with Crippen LogP contribution in [0.1, 0.15) is 24.4 Å². The molecule has 1 amide bonds. The van der Waals surface area contributed by atoms with Gasteiger partial charge in [0.1, 0.15) is 12.3 Å². The summed E-state index contributed by atoms with van der Waals surface area (Å²) in [5.41, 5.74) is 1.24. The number of rotatable bonds is 9. The van der Waals surface area contributed by atoms with Gasteiger partial charge in [-0.2, -0.15) is 0 Å². The fraction of sp³-hybridized carbons (Fsp3) is 0.524. The van der Waals surface area contributed by atoms with Gasteiger partial charge in [0.05, 0.1) is 13.2 Å². The number of hydrogen-bond donors (Lipinski definition) is 2. The van der Waals surface area contributed by atoms with Crippen LogP contribution in [0, 0.1) is 0 Å². The minimum absolute atomic E-state index is 0. The van der Waals surface area contributed by atoms with Crippen molar-refractivity contribution in [3.05, 3.63) is 42.5 Å². The number of aliphatic imine (C=N–C) groups is 1. The fourth-order valence-electron chi connectivity index (χ4n) is 3.16. The second kappa shape index (κ2) is 13.4. The van der Waals surface area contributed by atoms with Gasteiger partial charge in [0.2, 0.25) is 5.91 Å². The van der Waals surface area contributed by atoms with Crippen molar-refractivity contribution in [2.24, 2.45) is 4.99 Å². The van der Waals surface area contributed by atoms with Gasteiger partial charge in [0, 0.05) is 27.2 Å². The molecule has 2 rings (SSSR count). The maximum atomic E-state index is 11.9. The van der Waals surface area contributed by atoms with Gasteiger partial charge < -0.3 is 20.3 Å². The number of halogens is 1. The third kappa shape index (κ3) is 8.22. The van der Waals surface area contributed by atoms with E-state index in [-0.39, 0.29) is 42.5 Å². The summed E-state index contributed by atoms with van der Waals surface area (Å²) in [4.78, 5) is 20.3. The number of likely N-dealkylation sites (tertiary alicyclic amines) is 1. The van der Waals surface area contributed by atoms with E-state index >= 15 is 0 Å². The Kier molecular flexibility index (Phi) is 11.7. The molecule has 8 heteroatoms. The first-order valence-electron chi connectivity index (χ1n) is 9.76. The van der Waals surface area contributed by atoms with E-state index in [9.17, 15) is 4.79 Å². The van der Waals surface area contributed by atoms with Crippen LogP contribution in [0.25, 0.3) is 0 Å². The molecular formula is C21H34IN5O2. The average Bonchev–Trinajstić information content (AvgIpc) is 3.24. The van der Waals surface area contributed by atoms with Gasteiger partial charge >= 0.3 is 0 Å². The van der Waals surface area contributed by atoms with Crippen molar-refractivity contribution in [3.63, 3.8) is 0 Å². The summed E-state index contributed by atoms with van der Waals surface area (Å²) in [5.74, 6) is 1.44. The van der Waals surface area contributed by atoms with Gasteiger partial charge in [0.25, 0.3) is 0 Å². The van der Waals surface area contributed by atoms with Crippen LogP contribution in [0.4, 0.5) is 0 Å². The SMILES string of the molecule is C=CCNC(=NCC(=O)N(C)C)NCC(c1ccc(OC)cc1)N1CCCC1.I. The summed E-state index contributed by atoms with van der Waals surface area (Å²) in [6, 6.07) is 8.46. The molecule has 29 heavy (non-hydrogen) atoms. The molecule has 0 aromatic heterocycles. The Bertz CT molecular complexity index is 658. The Morgan fingerprint density at radius 2 is 1.93 bits per heavy atom. The molecule has 1 aromatic carbocycles. The zero-order valence-corrected chi connectivity index (χ0v) is 20.0. The second-order valence-corrected chi connectivity index (χ2v) is 7.04. The molecule has 1 aromatic rings. The van der Waals surface area contributed by atoms with E-state index < -0.39 is 0 Å². The lowest BCUT2D eigenvalue weighted by atomic mass is 10.1. The summed E-state index contributed by atoms with van der Waals surface area (Å²) >= 11 is 0. The lowest BCUT2D eigenvalue weighted by Gasteiger charge is -2.29. The van der Waals surface area contributed by atoms with Crippen LogP contribution in [0.3, 0.4) is 0 Å². The van der Waals surface area contributed by atoms with Crippen LogP contribution in [0.2, 0.25) is 0 Å². The van der Waals surface area contributed by atoms with Crippen molar-refractivity contribution < 1.29 is 9.53 Å². The molecule has 1 aliphatic rings. The number of nitrogens with one attached hydrogen (secondary N) is 2. The van der Waals surface area contributed by atoms with E-state index in [4.69, 9.17) is 4.74 Å². The number of nitrogens with zero attached hydrogens (tertiary/aromatic N) is 3. The number of amides is 1. The van der Waals surface area contributed by atoms with Gasteiger partial charge in [-0.05, 0) is 43.6 Å². The molecule has 0 saturated carbocycles. The van der Waals surface area contributed by atoms with Crippen LogP contribution in [-0.2, 0) is 4.79 Å². The summed E-state index contributed by atoms with van der Waals surface area (Å²) in [7, 11) is 5.14. The third-order valence-corrected chi connectivity index (χ3v) is 4.83. The summed E-state index contributed by atoms with van der Waals surface area (Å²) < 4.78 is 5.29. The summed E-state index contributed by atoms with van der Waals surface area (Å²) in [6.45, 7) is 7.30. The molecule has 2 N–H and O–H groups in total. The molecule has 0 bridgehead atoms. The first kappa shape index (κ1) is 25.2. The van der Waals surface area contributed by atoms with E-state index in [0.717, 1.165) is 18.8 Å². The van der Waals surface area contributed by atoms with Gasteiger partial charge in [-0.15, -0.1) is 30.6 Å². The highest BCUT2D eigenvalue weighted by Gasteiger charge is 2.23. The average molecular weight is 515 g/mol. The highest BCUT2D eigenvalue weighted by atomic mass is 127. The van der Waals surface area contributed by atoms with Gasteiger partial charge in [-0.1, -0.05) is 18.2 Å². The highest BCUT2D eigenvalue weighted by Crippen LogP contribution is 2.26. The zero-order chi connectivity index (χ0) is 20.4. The van der Waals surface area contributed by atoms with Crippen molar-refractivity contribution in [3.8, 4) is 5.75 Å². The highest BCUT2D eigenvalue weighted by molar-refractivity contribution is 14.0. The Hall–Kier alpha value is -1.81. The number of ether oxygens (including phenoxy) is 1. The predicted molar refractivity (Wildman–Crippen MR) is 129 cm³/mol. The van der Waals surface area contributed by atoms with Crippen LogP contribution in [0.5, 0.6) is 5.75 Å². The molecule has 0 aliphatic carbocycles. The van der Waals surface area contributed by atoms with E-state index in [2.05, 4.69) is 39.2 Å². The molecule has 1 fully saturated rings. The van der Waals surface area contributed by atoms with Crippen molar-refractivity contribution in [2.75, 3.05) is 53.9 Å². The fourth-order valence-corrected chi connectivity index (χ4v) is 3.16. The molecule has 7 nitrogen and oxygen atoms in total. The number of hydrogen-bond acceptors (Lipinski definition) is 4. The molecule has 1 heterocycles. The van der Waals surface area contributed by atoms with E-state index in [1.807, 2.05) is 12.1 Å². The van der Waals surface area contributed by atoms with Crippen LogP contribution in [0.15, 0.2) is 41.9 Å². The zero-order valence-electron chi connectivity index (χ0n) is 17.7. The van der Waals surface area contributed by atoms with Crippen molar-refractivity contribution in [1.29, 1.82) is 0 Å². The monoisotopic (exact) mass is 515 g/mol. The Balaban J connectivity index is 0.00000420. The minimum atomic E-state index is -0.0362. The first-order chi connectivity index (χ1) is 13.5. The van der Waals surface area contributed by atoms with Crippen LogP contribution in [-0.4, -0.2) is 75.6 Å². The maximum Gasteiger partial charge on any atom is 0.243 e. The third-order valence-electron chi connectivity index (χ3n) is 4.83. The number of carbonyl (C=O) groups is 1. The lowest BCUT2D eigenvalue weighted by Crippen LogP contribution is -2.43. The summed E-state index contributed by atoms with van der Waals surface area (Å²) in [5, 5.41) is 6.59. The standard InChI is InChI=1S/C21H33N5O2.HI/c1-5-12-22-21(24-16-20(27)25(2)3)23-15-19(26-13-6-7-14-26)17-8-10-18(28-4)11-9-17;/h5,8-11,19H,1,6-7,12-16H2,2-4H3,(H2,22,23,24);1H. The van der Waals surface area contributed by atoms with Crippen molar-refractivity contribution in [2.45, 2.75) is 18.9 Å². The summed E-state index contributed by atoms with van der Waals surface area (Å²) in [6.07, 6.45) is 4.21. The quantitative estimate of drug-likeness (QED) is 0.229. The van der Waals surface area contributed by atoms with Gasteiger partial charge in [0.15, 0.2) is 5.96 Å². The van der Waals surface area contributed by atoms with Crippen molar-refractivity contribution >= 4 is 35.8 Å². The lowest BCUT2D eigenvalue weighted by molar-refractivity contribution is -0.127. The Morgan fingerprint density at radius 1 is 1.28 bits per heavy atom. The number of guanidine groups is 1. The first-order valence-corrected chi connectivity index (χ1v) is 9.76. The Morgan fingerprint density at radius 3 is 2.48 bits per heavy atom. The van der Waals surface area contributed by atoms with E-state index in [0.29, 0.717) is 19.0 Å². The number of likely N-dealkylation sites (N-methyl/N-ethyl adjacent to an activating group) is 1. The Labute approximate surface area is 191 Å². The van der Waals surface area contributed by atoms with Crippen molar-refractivity contribution in [1.82, 2.24) is 20.4 Å². The molecule has 0 spiro atoms. The van der Waals surface area contributed by atoms with E-state index in [1.165, 1.54) is 18.4 Å². The molecule has 1 atom stereocenters. The number of carbonyl (C=O) groups excluding carboxylic acids is 1. The largest absolute Gasteiger partial charge is 0.497 e. The van der Waals surface area contributed by atoms with E-state index in [1.54, 1.807) is 32.2 Å². The molecular weight excluding hydrogens is 481 g/mol. The molecule has 1 aliphatic heterocycles. The minimum Gasteiger partial charge on any atom is -0.497 e. The smallest absolute Gasteiger partial charge is 0.243 e. The molecule has 162 valence electrons. The second-order valence-electron chi connectivity index (χ2n) is 7.04. The topological polar surface area (TPSA) is 69.2 Å². The van der Waals surface area contributed by atoms with Crippen LogP contribution < -0.4 is 15.4 Å². The molecule has 1 saturated heterocycles. The number of benzene rings is 1. The predicted octanol–water partition coefficient (Wildman–Crippen LogP) is 2.26. The van der Waals surface area contributed by atoms with Gasteiger partial charge in [-0.25, -0.2) is 4.99 Å². The molecule has 0 radical (unpaired) electrons.